The highest BCUT2D eigenvalue weighted by Gasteiger charge is 2.33. The van der Waals surface area contributed by atoms with E-state index in [1.165, 1.54) is 0 Å². The summed E-state index contributed by atoms with van der Waals surface area (Å²) in [6.45, 7) is 6.31. The molecule has 0 radical (unpaired) electrons. The molecule has 0 bridgehead atoms. The van der Waals surface area contributed by atoms with E-state index in [1.807, 2.05) is 6.08 Å². The summed E-state index contributed by atoms with van der Waals surface area (Å²) in [6, 6.07) is 0. The standard InChI is InChI=1S/C9H14O2/c1-9(2,3)7-4-5-11-8(7)6-10/h4-8H,1-3H3. The van der Waals surface area contributed by atoms with Gasteiger partial charge in [-0.3, -0.25) is 4.79 Å². The minimum atomic E-state index is -0.269. The Hall–Kier alpha value is -0.790. The summed E-state index contributed by atoms with van der Waals surface area (Å²) < 4.78 is 5.09. The Labute approximate surface area is 67.2 Å². The van der Waals surface area contributed by atoms with Gasteiger partial charge in [0.25, 0.3) is 0 Å². The fraction of sp³-hybridized carbons (Fsp3) is 0.667. The van der Waals surface area contributed by atoms with E-state index >= 15 is 0 Å². The van der Waals surface area contributed by atoms with E-state index in [-0.39, 0.29) is 17.4 Å². The maximum atomic E-state index is 10.5. The Morgan fingerprint density at radius 1 is 1.45 bits per heavy atom. The molecule has 0 aromatic rings. The topological polar surface area (TPSA) is 26.3 Å². The van der Waals surface area contributed by atoms with Crippen molar-refractivity contribution in [1.29, 1.82) is 0 Å². The molecule has 1 aliphatic rings. The lowest BCUT2D eigenvalue weighted by Gasteiger charge is -2.27. The van der Waals surface area contributed by atoms with E-state index in [0.717, 1.165) is 6.29 Å². The summed E-state index contributed by atoms with van der Waals surface area (Å²) in [6.07, 6.45) is 4.18. The van der Waals surface area contributed by atoms with Crippen LogP contribution in [0.5, 0.6) is 0 Å². The highest BCUT2D eigenvalue weighted by molar-refractivity contribution is 5.58. The second-order valence-electron chi connectivity index (χ2n) is 3.96. The van der Waals surface area contributed by atoms with Crippen molar-refractivity contribution >= 4 is 6.29 Å². The third-order valence-corrected chi connectivity index (χ3v) is 2.01. The van der Waals surface area contributed by atoms with Gasteiger partial charge in [0.15, 0.2) is 12.4 Å². The summed E-state index contributed by atoms with van der Waals surface area (Å²) in [4.78, 5) is 10.5. The minimum Gasteiger partial charge on any atom is -0.490 e. The molecule has 0 N–H and O–H groups in total. The zero-order valence-electron chi connectivity index (χ0n) is 7.20. The van der Waals surface area contributed by atoms with E-state index in [1.54, 1.807) is 6.26 Å². The highest BCUT2D eigenvalue weighted by atomic mass is 16.5. The Bertz CT molecular complexity index is 176. The predicted octanol–water partition coefficient (Wildman–Crippen LogP) is 1.76. The number of aldehydes is 1. The monoisotopic (exact) mass is 154 g/mol. The molecule has 0 saturated heterocycles. The maximum Gasteiger partial charge on any atom is 0.161 e. The number of rotatable bonds is 1. The van der Waals surface area contributed by atoms with Gasteiger partial charge in [0, 0.05) is 5.92 Å². The Morgan fingerprint density at radius 2 is 2.09 bits per heavy atom. The second kappa shape index (κ2) is 2.68. The van der Waals surface area contributed by atoms with Crippen LogP contribution in [0, 0.1) is 11.3 Å². The largest absolute Gasteiger partial charge is 0.490 e. The number of hydrogen-bond acceptors (Lipinski definition) is 2. The van der Waals surface area contributed by atoms with Gasteiger partial charge in [0.1, 0.15) is 0 Å². The highest BCUT2D eigenvalue weighted by Crippen LogP contribution is 2.33. The fourth-order valence-corrected chi connectivity index (χ4v) is 1.31. The van der Waals surface area contributed by atoms with Gasteiger partial charge < -0.3 is 4.74 Å². The zero-order valence-corrected chi connectivity index (χ0v) is 7.20. The Kier molecular flexibility index (Phi) is 2.03. The first-order valence-corrected chi connectivity index (χ1v) is 3.83. The van der Waals surface area contributed by atoms with Crippen LogP contribution in [0.15, 0.2) is 12.3 Å². The van der Waals surface area contributed by atoms with Crippen LogP contribution in [-0.4, -0.2) is 12.4 Å². The third kappa shape index (κ3) is 1.62. The Morgan fingerprint density at radius 3 is 2.45 bits per heavy atom. The molecule has 0 aliphatic carbocycles. The van der Waals surface area contributed by atoms with Crippen molar-refractivity contribution in [1.82, 2.24) is 0 Å². The van der Waals surface area contributed by atoms with Crippen LogP contribution in [0.1, 0.15) is 20.8 Å². The molecule has 11 heavy (non-hydrogen) atoms. The van der Waals surface area contributed by atoms with E-state index in [4.69, 9.17) is 4.74 Å². The lowest BCUT2D eigenvalue weighted by Crippen LogP contribution is -2.29. The van der Waals surface area contributed by atoms with Gasteiger partial charge >= 0.3 is 0 Å². The fourth-order valence-electron chi connectivity index (χ4n) is 1.31. The lowest BCUT2D eigenvalue weighted by molar-refractivity contribution is -0.117. The van der Waals surface area contributed by atoms with Gasteiger partial charge in [-0.1, -0.05) is 20.8 Å². The van der Waals surface area contributed by atoms with E-state index < -0.39 is 0 Å². The molecular formula is C9H14O2. The lowest BCUT2D eigenvalue weighted by atomic mass is 9.78. The molecule has 1 aliphatic heterocycles. The maximum absolute atomic E-state index is 10.5. The van der Waals surface area contributed by atoms with Crippen LogP contribution in [0.25, 0.3) is 0 Å². The van der Waals surface area contributed by atoms with Gasteiger partial charge in [0.05, 0.1) is 6.26 Å². The summed E-state index contributed by atoms with van der Waals surface area (Å²) in [5.74, 6) is 0.222. The molecule has 0 saturated carbocycles. The first-order chi connectivity index (χ1) is 5.05. The quantitative estimate of drug-likeness (QED) is 0.538. The van der Waals surface area contributed by atoms with Crippen LogP contribution < -0.4 is 0 Å². The van der Waals surface area contributed by atoms with Crippen molar-refractivity contribution in [3.8, 4) is 0 Å². The molecule has 0 spiro atoms. The molecule has 2 nitrogen and oxygen atoms in total. The van der Waals surface area contributed by atoms with E-state index in [2.05, 4.69) is 20.8 Å². The van der Waals surface area contributed by atoms with Crippen molar-refractivity contribution in [3.05, 3.63) is 12.3 Å². The molecule has 1 heterocycles. The van der Waals surface area contributed by atoms with E-state index in [9.17, 15) is 4.79 Å². The van der Waals surface area contributed by atoms with Gasteiger partial charge in [-0.05, 0) is 11.5 Å². The first-order valence-electron chi connectivity index (χ1n) is 3.83. The number of carbonyl (C=O) groups is 1. The SMILES string of the molecule is CC(C)(C)C1C=COC1C=O. The molecule has 2 unspecified atom stereocenters. The molecule has 0 aromatic heterocycles. The van der Waals surface area contributed by atoms with Crippen LogP contribution >= 0.6 is 0 Å². The van der Waals surface area contributed by atoms with Crippen molar-refractivity contribution in [2.45, 2.75) is 26.9 Å². The van der Waals surface area contributed by atoms with Crippen molar-refractivity contribution < 1.29 is 9.53 Å². The van der Waals surface area contributed by atoms with Crippen LogP contribution in [0.3, 0.4) is 0 Å². The molecule has 62 valence electrons. The number of hydrogen-bond donors (Lipinski definition) is 0. The van der Waals surface area contributed by atoms with Crippen LogP contribution in [0.2, 0.25) is 0 Å². The molecule has 0 aromatic carbocycles. The van der Waals surface area contributed by atoms with Gasteiger partial charge in [-0.25, -0.2) is 0 Å². The first kappa shape index (κ1) is 8.31. The van der Waals surface area contributed by atoms with Crippen molar-refractivity contribution in [2.75, 3.05) is 0 Å². The number of carbonyl (C=O) groups excluding carboxylic acids is 1. The molecule has 0 fully saturated rings. The number of ether oxygens (including phenoxy) is 1. The third-order valence-electron chi connectivity index (χ3n) is 2.01. The molecular weight excluding hydrogens is 140 g/mol. The summed E-state index contributed by atoms with van der Waals surface area (Å²) in [5.41, 5.74) is 0.110. The average Bonchev–Trinajstić information content (AvgIpc) is 2.31. The summed E-state index contributed by atoms with van der Waals surface area (Å²) in [7, 11) is 0. The van der Waals surface area contributed by atoms with Gasteiger partial charge in [-0.15, -0.1) is 0 Å². The van der Waals surface area contributed by atoms with Gasteiger partial charge in [0.2, 0.25) is 0 Å². The summed E-state index contributed by atoms with van der Waals surface area (Å²) in [5, 5.41) is 0. The van der Waals surface area contributed by atoms with Crippen LogP contribution in [-0.2, 0) is 9.53 Å². The second-order valence-corrected chi connectivity index (χ2v) is 3.96. The smallest absolute Gasteiger partial charge is 0.161 e. The molecule has 2 atom stereocenters. The van der Waals surface area contributed by atoms with Gasteiger partial charge in [-0.2, -0.15) is 0 Å². The summed E-state index contributed by atoms with van der Waals surface area (Å²) >= 11 is 0. The predicted molar refractivity (Wildman–Crippen MR) is 43.0 cm³/mol. The zero-order chi connectivity index (χ0) is 8.48. The Balaban J connectivity index is 2.71. The van der Waals surface area contributed by atoms with Crippen LogP contribution in [0.4, 0.5) is 0 Å². The normalized spacial score (nSPS) is 30.1. The van der Waals surface area contributed by atoms with Crippen molar-refractivity contribution in [3.63, 3.8) is 0 Å². The average molecular weight is 154 g/mol. The molecule has 2 heteroatoms. The molecule has 1 rings (SSSR count). The van der Waals surface area contributed by atoms with Crippen molar-refractivity contribution in [2.24, 2.45) is 11.3 Å². The molecule has 0 amide bonds. The minimum absolute atomic E-state index is 0.110. The van der Waals surface area contributed by atoms with E-state index in [0.29, 0.717) is 0 Å².